The molecule has 2 aliphatic carbocycles. The normalized spacial score (nSPS) is 14.6. The number of benzene rings is 6. The van der Waals surface area contributed by atoms with Gasteiger partial charge in [-0.15, -0.1) is 0 Å². The van der Waals surface area contributed by atoms with Crippen molar-refractivity contribution in [1.82, 2.24) is 0 Å². The molecule has 2 amide bonds. The number of hydrogen-bond donors (Lipinski definition) is 4. The van der Waals surface area contributed by atoms with Crippen molar-refractivity contribution in [2.45, 2.75) is 9.79 Å². The number of ketones is 2. The molecule has 21 nitrogen and oxygen atoms in total. The van der Waals surface area contributed by atoms with E-state index in [1.165, 1.54) is 84.9 Å². The van der Waals surface area contributed by atoms with E-state index in [1.807, 2.05) is 0 Å². The van der Waals surface area contributed by atoms with Crippen LogP contribution in [0.3, 0.4) is 0 Å². The van der Waals surface area contributed by atoms with Crippen molar-refractivity contribution in [3.8, 4) is 0 Å². The van der Waals surface area contributed by atoms with E-state index >= 15 is 0 Å². The number of nitrogens with zero attached hydrogens (tertiary/aromatic N) is 2. The van der Waals surface area contributed by atoms with Crippen molar-refractivity contribution in [3.63, 3.8) is 0 Å². The first-order chi connectivity index (χ1) is 30.9. The van der Waals surface area contributed by atoms with Crippen LogP contribution in [0, 0.1) is 0 Å². The molecule has 0 bridgehead atoms. The van der Waals surface area contributed by atoms with Gasteiger partial charge in [-0.05, 0) is 130 Å². The zero-order valence-corrected chi connectivity index (χ0v) is 40.0. The largest absolute Gasteiger partial charge is 1.00 e. The number of carbonyl (C=O) groups excluding carboxylic acids is 3. The van der Waals surface area contributed by atoms with E-state index in [9.17, 15) is 66.3 Å². The second-order valence-corrected chi connectivity index (χ2v) is 19.7. The molecule has 6 aromatic rings. The maximum atomic E-state index is 13.5. The number of rotatable bonds is 10. The summed E-state index contributed by atoms with van der Waals surface area (Å²) in [6.45, 7) is 0. The van der Waals surface area contributed by atoms with E-state index in [2.05, 4.69) is 31.7 Å². The summed E-state index contributed by atoms with van der Waals surface area (Å²) < 4.78 is 142. The number of anilines is 4. The molecule has 2 aliphatic rings. The van der Waals surface area contributed by atoms with Gasteiger partial charge in [0.15, 0.2) is 0 Å². The van der Waals surface area contributed by atoms with Crippen LogP contribution < -0.4 is 96.9 Å². The third kappa shape index (κ3) is 12.5. The van der Waals surface area contributed by atoms with Crippen LogP contribution >= 0.6 is 0 Å². The van der Waals surface area contributed by atoms with Gasteiger partial charge in [0.2, 0.25) is 11.6 Å². The summed E-state index contributed by atoms with van der Waals surface area (Å²) in [5.41, 5.74) is 3.57. The average Bonchev–Trinajstić information content (AvgIpc) is 3.23. The van der Waals surface area contributed by atoms with Gasteiger partial charge in [-0.25, -0.2) is 38.5 Å². The monoisotopic (exact) mass is 996 g/mol. The van der Waals surface area contributed by atoms with Crippen LogP contribution in [0.5, 0.6) is 0 Å². The summed E-state index contributed by atoms with van der Waals surface area (Å²) in [5.74, 6) is -1.94. The summed E-state index contributed by atoms with van der Waals surface area (Å²) >= 11 is 0. The number of nitrogens with one attached hydrogen (secondary N) is 4. The molecule has 0 fully saturated rings. The number of Topliss-reactive ketones (excluding diaryl/α,β-unsaturated/α-hetero) is 2. The van der Waals surface area contributed by atoms with Crippen molar-refractivity contribution in [1.29, 1.82) is 0 Å². The Kier molecular flexibility index (Phi) is 17.8. The number of hydrogen-bond acceptors (Lipinski definition) is 19. The average molecular weight is 997 g/mol. The smallest absolute Gasteiger partial charge is 0.744 e. The van der Waals surface area contributed by atoms with Gasteiger partial charge in [0.25, 0.3) is 0 Å². The number of urea groups is 1. The number of carbonyl (C=O) groups is 3. The molecule has 0 aliphatic heterocycles. The molecule has 70 heavy (non-hydrogen) atoms. The van der Waals surface area contributed by atoms with Crippen LogP contribution in [0.2, 0.25) is 0 Å². The summed E-state index contributed by atoms with van der Waals surface area (Å²) in [7, 11) is -20.1. The first kappa shape index (κ1) is 57.5. The third-order valence-electron chi connectivity index (χ3n) is 9.91. The van der Waals surface area contributed by atoms with E-state index < -0.39 is 89.1 Å². The minimum absolute atomic E-state index is 0. The van der Waals surface area contributed by atoms with Gasteiger partial charge in [-0.2, -0.15) is 10.2 Å². The second-order valence-electron chi connectivity index (χ2n) is 14.3. The van der Waals surface area contributed by atoms with E-state index in [0.29, 0.717) is 21.5 Å². The Labute approximate surface area is 446 Å². The van der Waals surface area contributed by atoms with E-state index in [4.69, 9.17) is 0 Å². The molecule has 0 unspecified atom stereocenters. The standard InChI is InChI=1S/C41H28N6O15S4.4Li/c48-39-33-11-7-27(15-25(33)19-35(65(57,58)59)37(39)46-44-29-5-1-23-17-31(63(51,52)53)9-3-21(23)13-29)42-41(50)43-28-8-12-34-26(16-28)20-36(66(60,61)62)38(40(34)49)47-45-30-6-2-24-18-32(64(54,55)56)10-4-22(24)14-30;;;;/h1-20,44-45H,(H2,42,43,50)(H,51,52,53)(H,54,55,56)(H,57,58,59)(H,60,61,62);;;;/q;4*+1/p-4. The van der Waals surface area contributed by atoms with E-state index in [0.717, 1.165) is 36.4 Å². The van der Waals surface area contributed by atoms with E-state index in [1.54, 1.807) is 0 Å². The molecule has 336 valence electrons. The van der Waals surface area contributed by atoms with Crippen LogP contribution in [-0.2, 0) is 40.5 Å². The zero-order valence-electron chi connectivity index (χ0n) is 36.7. The molecule has 0 saturated heterocycles. The predicted molar refractivity (Wildman–Crippen MR) is 235 cm³/mol. The van der Waals surface area contributed by atoms with Gasteiger partial charge in [0.1, 0.15) is 51.9 Å². The Balaban J connectivity index is 0.00000266. The fraction of sp³-hybridized carbons (Fsp3) is 0. The molecule has 0 heterocycles. The Morgan fingerprint density at radius 2 is 0.743 bits per heavy atom. The van der Waals surface area contributed by atoms with Crippen LogP contribution in [0.15, 0.2) is 139 Å². The van der Waals surface area contributed by atoms with Crippen LogP contribution in [0.1, 0.15) is 31.8 Å². The molecule has 29 heteroatoms. The van der Waals surface area contributed by atoms with Crippen molar-refractivity contribution in [2.75, 3.05) is 21.5 Å². The minimum atomic E-state index is -5.33. The Morgan fingerprint density at radius 3 is 1.09 bits per heavy atom. The van der Waals surface area contributed by atoms with Gasteiger partial charge in [-0.3, -0.25) is 20.4 Å². The summed E-state index contributed by atoms with van der Waals surface area (Å²) in [4.78, 5) is 37.2. The van der Waals surface area contributed by atoms with Gasteiger partial charge in [0.05, 0.1) is 31.0 Å². The Hall–Kier alpha value is -5.10. The number of fused-ring (bicyclic) bond motifs is 4. The van der Waals surface area contributed by atoms with E-state index in [-0.39, 0.29) is 120 Å². The molecule has 0 aromatic heterocycles. The number of allylic oxidation sites excluding steroid dienone is 2. The summed E-state index contributed by atoms with van der Waals surface area (Å²) in [6.07, 6.45) is 1.78. The molecule has 0 spiro atoms. The molecule has 0 saturated carbocycles. The van der Waals surface area contributed by atoms with Crippen LogP contribution in [-0.4, -0.2) is 80.9 Å². The first-order valence-corrected chi connectivity index (χ1v) is 24.0. The summed E-state index contributed by atoms with van der Waals surface area (Å²) in [6, 6.07) is 22.3. The van der Waals surface area contributed by atoms with Gasteiger partial charge in [0, 0.05) is 22.5 Å². The molecule has 0 atom stereocenters. The first-order valence-electron chi connectivity index (χ1n) is 18.4. The molecular weight excluding hydrogens is 973 g/mol. The minimum Gasteiger partial charge on any atom is -0.744 e. The van der Waals surface area contributed by atoms with Crippen molar-refractivity contribution in [2.24, 2.45) is 10.2 Å². The van der Waals surface area contributed by atoms with Gasteiger partial charge < -0.3 is 28.8 Å². The zero-order chi connectivity index (χ0) is 47.5. The molecule has 8 rings (SSSR count). The molecular formula is C41H24Li4N6O15S4. The van der Waals surface area contributed by atoms with Crippen LogP contribution in [0.4, 0.5) is 27.5 Å². The van der Waals surface area contributed by atoms with Crippen molar-refractivity contribution < 1.29 is 142 Å². The molecule has 0 radical (unpaired) electrons. The second kappa shape index (κ2) is 21.7. The van der Waals surface area contributed by atoms with Crippen molar-refractivity contribution >= 4 is 126 Å². The fourth-order valence-electron chi connectivity index (χ4n) is 6.86. The quantitative estimate of drug-likeness (QED) is 0.0563. The topological polar surface area (TPSA) is 353 Å². The number of hydrazone groups is 2. The maximum Gasteiger partial charge on any atom is 1.00 e. The van der Waals surface area contributed by atoms with Gasteiger partial charge in [-0.1, -0.05) is 24.3 Å². The Bertz CT molecular complexity index is 3550. The fourth-order valence-corrected chi connectivity index (χ4v) is 9.16. The Morgan fingerprint density at radius 1 is 0.414 bits per heavy atom. The number of amides is 2. The molecule has 4 N–H and O–H groups in total. The summed E-state index contributed by atoms with van der Waals surface area (Å²) in [5, 5.41) is 14.4. The predicted octanol–water partition coefficient (Wildman–Crippen LogP) is -7.44. The van der Waals surface area contributed by atoms with Crippen LogP contribution in [0.25, 0.3) is 33.7 Å². The molecule has 6 aromatic carbocycles. The SMILES string of the molecule is O=C(Nc1ccc2c(c1)C=C(S(=O)(=O)[O-])C(=NNc1ccc3cc(S(=O)(=O)[O-])ccc3c1)C2=O)Nc1ccc2c(c1)C=C(S(=O)(=O)[O-])C(=NNc1ccc3cc(S(=O)(=O)[O-])ccc3c1)C2=O.[Li+].[Li+].[Li+].[Li+]. The van der Waals surface area contributed by atoms with Gasteiger partial charge >= 0.3 is 81.5 Å². The maximum absolute atomic E-state index is 13.5. The third-order valence-corrected chi connectivity index (χ3v) is 13.3. The van der Waals surface area contributed by atoms with Crippen molar-refractivity contribution in [3.05, 3.63) is 141 Å².